The van der Waals surface area contributed by atoms with Crippen molar-refractivity contribution < 1.29 is 0 Å². The zero-order chi connectivity index (χ0) is 8.23. The fourth-order valence-electron chi connectivity index (χ4n) is 1.87. The Kier molecular flexibility index (Phi) is 2.61. The molecule has 0 aliphatic carbocycles. The standard InChI is InChI=1S/C9H17N3/c1-3-8(7-10-5-1)12-9-4-2-6-11-9/h8,10H,1-7H2,(H,11,12). The summed E-state index contributed by atoms with van der Waals surface area (Å²) < 4.78 is 0. The van der Waals surface area contributed by atoms with Crippen LogP contribution in [0.15, 0.2) is 4.99 Å². The van der Waals surface area contributed by atoms with E-state index in [1.165, 1.54) is 31.6 Å². The molecule has 1 fully saturated rings. The predicted octanol–water partition coefficient (Wildman–Crippen LogP) is 0.520. The molecule has 68 valence electrons. The fraction of sp³-hybridized carbons (Fsp3) is 0.889. The summed E-state index contributed by atoms with van der Waals surface area (Å²) in [4.78, 5) is 4.41. The summed E-state index contributed by atoms with van der Waals surface area (Å²) in [5.41, 5.74) is 0. The van der Waals surface area contributed by atoms with Gasteiger partial charge in [0.2, 0.25) is 0 Å². The van der Waals surface area contributed by atoms with E-state index in [4.69, 9.17) is 0 Å². The van der Waals surface area contributed by atoms with Gasteiger partial charge in [-0.05, 0) is 25.8 Å². The van der Waals surface area contributed by atoms with Gasteiger partial charge in [0.1, 0.15) is 0 Å². The first-order chi connectivity index (χ1) is 5.95. The summed E-state index contributed by atoms with van der Waals surface area (Å²) in [7, 11) is 0. The van der Waals surface area contributed by atoms with Crippen molar-refractivity contribution in [3.63, 3.8) is 0 Å². The topological polar surface area (TPSA) is 36.4 Å². The van der Waals surface area contributed by atoms with Gasteiger partial charge in [-0.1, -0.05) is 0 Å². The van der Waals surface area contributed by atoms with Crippen LogP contribution in [0.25, 0.3) is 0 Å². The van der Waals surface area contributed by atoms with Crippen molar-refractivity contribution in [2.45, 2.75) is 31.7 Å². The molecular formula is C9H17N3. The molecule has 0 aromatic heterocycles. The highest BCUT2D eigenvalue weighted by molar-refractivity contribution is 5.83. The molecule has 2 aliphatic rings. The molecule has 2 rings (SSSR count). The van der Waals surface area contributed by atoms with Crippen LogP contribution in [0.4, 0.5) is 0 Å². The van der Waals surface area contributed by atoms with E-state index in [1.807, 2.05) is 0 Å². The lowest BCUT2D eigenvalue weighted by Crippen LogP contribution is -2.45. The first-order valence-corrected chi connectivity index (χ1v) is 4.96. The number of piperidine rings is 1. The Morgan fingerprint density at radius 3 is 3.08 bits per heavy atom. The van der Waals surface area contributed by atoms with Gasteiger partial charge >= 0.3 is 0 Å². The summed E-state index contributed by atoms with van der Waals surface area (Å²) in [6, 6.07) is 0.635. The van der Waals surface area contributed by atoms with E-state index >= 15 is 0 Å². The van der Waals surface area contributed by atoms with Gasteiger partial charge in [-0.15, -0.1) is 0 Å². The molecule has 2 aliphatic heterocycles. The van der Waals surface area contributed by atoms with Crippen LogP contribution in [0, 0.1) is 0 Å². The Morgan fingerprint density at radius 2 is 2.42 bits per heavy atom. The Bertz CT molecular complexity index is 171. The van der Waals surface area contributed by atoms with Crippen LogP contribution in [0.5, 0.6) is 0 Å². The molecule has 0 amide bonds. The number of hydrogen-bond donors (Lipinski definition) is 2. The van der Waals surface area contributed by atoms with E-state index in [1.54, 1.807) is 0 Å². The van der Waals surface area contributed by atoms with Gasteiger partial charge in [0.15, 0.2) is 0 Å². The lowest BCUT2D eigenvalue weighted by Gasteiger charge is -2.24. The van der Waals surface area contributed by atoms with E-state index in [9.17, 15) is 0 Å². The van der Waals surface area contributed by atoms with Crippen molar-refractivity contribution in [3.8, 4) is 0 Å². The number of amidine groups is 1. The zero-order valence-electron chi connectivity index (χ0n) is 7.47. The lowest BCUT2D eigenvalue weighted by molar-refractivity contribution is 0.430. The largest absolute Gasteiger partial charge is 0.370 e. The molecule has 1 unspecified atom stereocenters. The second-order valence-corrected chi connectivity index (χ2v) is 3.62. The first-order valence-electron chi connectivity index (χ1n) is 4.96. The predicted molar refractivity (Wildman–Crippen MR) is 50.6 cm³/mol. The van der Waals surface area contributed by atoms with Crippen molar-refractivity contribution in [1.29, 1.82) is 0 Å². The molecular weight excluding hydrogens is 150 g/mol. The molecule has 0 saturated carbocycles. The molecule has 0 spiro atoms. The highest BCUT2D eigenvalue weighted by atomic mass is 15.1. The van der Waals surface area contributed by atoms with Gasteiger partial charge in [0.05, 0.1) is 5.84 Å². The van der Waals surface area contributed by atoms with Gasteiger partial charge in [-0.2, -0.15) is 0 Å². The first kappa shape index (κ1) is 8.05. The molecule has 1 saturated heterocycles. The maximum absolute atomic E-state index is 4.41. The van der Waals surface area contributed by atoms with E-state index in [0.29, 0.717) is 6.04 Å². The average molecular weight is 167 g/mol. The molecule has 2 N–H and O–H groups in total. The third-order valence-corrected chi connectivity index (χ3v) is 2.54. The lowest BCUT2D eigenvalue weighted by atomic mass is 10.1. The van der Waals surface area contributed by atoms with E-state index in [2.05, 4.69) is 15.6 Å². The van der Waals surface area contributed by atoms with Crippen molar-refractivity contribution >= 4 is 5.84 Å². The smallest absolute Gasteiger partial charge is 0.0966 e. The monoisotopic (exact) mass is 167 g/mol. The molecule has 0 bridgehead atoms. The minimum absolute atomic E-state index is 0.635. The average Bonchev–Trinajstić information content (AvgIpc) is 2.59. The summed E-state index contributed by atoms with van der Waals surface area (Å²) in [5.74, 6) is 1.24. The van der Waals surface area contributed by atoms with Gasteiger partial charge in [0, 0.05) is 25.6 Å². The Hall–Kier alpha value is -0.570. The molecule has 3 nitrogen and oxygen atoms in total. The molecule has 3 heteroatoms. The van der Waals surface area contributed by atoms with E-state index < -0.39 is 0 Å². The van der Waals surface area contributed by atoms with E-state index in [0.717, 1.165) is 19.5 Å². The number of hydrogen-bond acceptors (Lipinski definition) is 3. The minimum Gasteiger partial charge on any atom is -0.370 e. The number of aliphatic imine (C=N–C) groups is 1. The van der Waals surface area contributed by atoms with Crippen LogP contribution in [0.3, 0.4) is 0 Å². The molecule has 2 heterocycles. The molecule has 0 aromatic carbocycles. The van der Waals surface area contributed by atoms with Crippen LogP contribution in [-0.4, -0.2) is 31.5 Å². The molecule has 1 atom stereocenters. The van der Waals surface area contributed by atoms with Crippen LogP contribution in [-0.2, 0) is 0 Å². The highest BCUT2D eigenvalue weighted by Crippen LogP contribution is 2.06. The van der Waals surface area contributed by atoms with Crippen LogP contribution < -0.4 is 10.6 Å². The second-order valence-electron chi connectivity index (χ2n) is 3.62. The van der Waals surface area contributed by atoms with Crippen LogP contribution >= 0.6 is 0 Å². The Labute approximate surface area is 73.6 Å². The van der Waals surface area contributed by atoms with Crippen LogP contribution in [0.1, 0.15) is 25.7 Å². The van der Waals surface area contributed by atoms with Crippen molar-refractivity contribution in [2.75, 3.05) is 19.6 Å². The quantitative estimate of drug-likeness (QED) is 0.597. The number of rotatable bonds is 1. The third-order valence-electron chi connectivity index (χ3n) is 2.54. The second kappa shape index (κ2) is 3.90. The number of nitrogens with zero attached hydrogens (tertiary/aromatic N) is 1. The SMILES string of the molecule is C1CN=C(NC2CCCNC2)C1. The summed E-state index contributed by atoms with van der Waals surface area (Å²) in [6.45, 7) is 3.33. The normalized spacial score (nSPS) is 30.0. The van der Waals surface area contributed by atoms with Gasteiger partial charge in [-0.25, -0.2) is 0 Å². The van der Waals surface area contributed by atoms with Gasteiger partial charge < -0.3 is 10.6 Å². The maximum atomic E-state index is 4.41. The third kappa shape index (κ3) is 1.97. The van der Waals surface area contributed by atoms with Crippen molar-refractivity contribution in [2.24, 2.45) is 4.99 Å². The maximum Gasteiger partial charge on any atom is 0.0966 e. The molecule has 0 aromatic rings. The molecule has 12 heavy (non-hydrogen) atoms. The fourth-order valence-corrected chi connectivity index (χ4v) is 1.87. The Balaban J connectivity index is 1.77. The summed E-state index contributed by atoms with van der Waals surface area (Å²) in [5, 5.41) is 6.90. The summed E-state index contributed by atoms with van der Waals surface area (Å²) in [6.07, 6.45) is 5.00. The van der Waals surface area contributed by atoms with Crippen molar-refractivity contribution in [1.82, 2.24) is 10.6 Å². The Morgan fingerprint density at radius 1 is 1.42 bits per heavy atom. The van der Waals surface area contributed by atoms with Crippen molar-refractivity contribution in [3.05, 3.63) is 0 Å². The van der Waals surface area contributed by atoms with E-state index in [-0.39, 0.29) is 0 Å². The minimum atomic E-state index is 0.635. The number of nitrogens with one attached hydrogen (secondary N) is 2. The van der Waals surface area contributed by atoms with Gasteiger partial charge in [-0.3, -0.25) is 4.99 Å². The highest BCUT2D eigenvalue weighted by Gasteiger charge is 2.15. The summed E-state index contributed by atoms with van der Waals surface area (Å²) >= 11 is 0. The molecule has 0 radical (unpaired) electrons. The zero-order valence-corrected chi connectivity index (χ0v) is 7.47. The van der Waals surface area contributed by atoms with Crippen LogP contribution in [0.2, 0.25) is 0 Å². The van der Waals surface area contributed by atoms with Gasteiger partial charge in [0.25, 0.3) is 0 Å².